The lowest BCUT2D eigenvalue weighted by Gasteiger charge is -2.26. The second-order valence-corrected chi connectivity index (χ2v) is 12.2. The smallest absolute Gasteiger partial charge is 0.387 e. The molecule has 0 aromatic carbocycles. The van der Waals surface area contributed by atoms with Crippen LogP contribution in [-0.2, 0) is 32.0 Å². The maximum atomic E-state index is 12.2. The predicted molar refractivity (Wildman–Crippen MR) is 123 cm³/mol. The van der Waals surface area contributed by atoms with Gasteiger partial charge in [0.1, 0.15) is 18.3 Å². The van der Waals surface area contributed by atoms with Crippen LogP contribution in [0.5, 0.6) is 0 Å². The second kappa shape index (κ2) is 12.5. The minimum absolute atomic E-state index is 0.114. The molecule has 7 unspecified atom stereocenters. The fraction of sp³-hybridized carbons (Fsp3) is 0.778. The predicted octanol–water partition coefficient (Wildman–Crippen LogP) is -0.956. The summed E-state index contributed by atoms with van der Waals surface area (Å²) < 4.78 is 49.7. The number of hydrogen-bond acceptors (Lipinski definition) is 12. The molecule has 1 aliphatic rings. The van der Waals surface area contributed by atoms with Crippen LogP contribution in [0.3, 0.4) is 0 Å². The molecule has 7 N–H and O–H groups in total. The van der Waals surface area contributed by atoms with Gasteiger partial charge >= 0.3 is 21.3 Å². The van der Waals surface area contributed by atoms with E-state index >= 15 is 0 Å². The zero-order valence-corrected chi connectivity index (χ0v) is 21.7. The molecule has 18 heteroatoms. The number of aliphatic hydroxyl groups is 2. The Kier molecular flexibility index (Phi) is 10.8. The number of phosphoric ester groups is 2. The van der Waals surface area contributed by atoms with E-state index in [0.717, 1.165) is 16.8 Å². The number of aromatic amines is 1. The third-order valence-electron chi connectivity index (χ3n) is 4.99. The highest BCUT2D eigenvalue weighted by Crippen LogP contribution is 2.61. The lowest BCUT2D eigenvalue weighted by atomic mass is 9.96. The average Bonchev–Trinajstić information content (AvgIpc) is 3.04. The van der Waals surface area contributed by atoms with Crippen molar-refractivity contribution in [3.8, 4) is 0 Å². The van der Waals surface area contributed by atoms with E-state index in [0.29, 0.717) is 13.2 Å². The van der Waals surface area contributed by atoms with Crippen LogP contribution in [0, 0.1) is 11.3 Å². The minimum Gasteiger partial charge on any atom is -0.387 e. The van der Waals surface area contributed by atoms with Crippen LogP contribution in [0.15, 0.2) is 21.9 Å². The van der Waals surface area contributed by atoms with Crippen LogP contribution >= 0.6 is 15.6 Å². The number of nitrogens with two attached hydrogens (primary N) is 1. The molecule has 36 heavy (non-hydrogen) atoms. The first-order valence-electron chi connectivity index (χ1n) is 10.8. The summed E-state index contributed by atoms with van der Waals surface area (Å²) in [7, 11) is -10.3. The molecule has 0 bridgehead atoms. The van der Waals surface area contributed by atoms with Crippen molar-refractivity contribution in [1.82, 2.24) is 9.55 Å². The molecule has 7 atom stereocenters. The van der Waals surface area contributed by atoms with Gasteiger partial charge in [0, 0.05) is 17.7 Å². The molecule has 0 spiro atoms. The normalized spacial score (nSPS) is 26.9. The molecule has 1 aromatic heterocycles. The summed E-state index contributed by atoms with van der Waals surface area (Å²) in [4.78, 5) is 44.7. The summed E-state index contributed by atoms with van der Waals surface area (Å²) in [5.41, 5.74) is 3.11. The molecular formula is C18H33N3O13P2. The Bertz CT molecular complexity index is 1080. The van der Waals surface area contributed by atoms with E-state index in [1.807, 2.05) is 11.9 Å². The molecule has 2 rings (SSSR count). The third kappa shape index (κ3) is 9.24. The van der Waals surface area contributed by atoms with E-state index in [2.05, 4.69) is 8.83 Å². The summed E-state index contributed by atoms with van der Waals surface area (Å²) in [5, 5.41) is 20.3. The molecule has 2 heterocycles. The molecule has 208 valence electrons. The zero-order valence-electron chi connectivity index (χ0n) is 20.0. The van der Waals surface area contributed by atoms with Gasteiger partial charge in [0.15, 0.2) is 6.23 Å². The fourth-order valence-electron chi connectivity index (χ4n) is 2.97. The van der Waals surface area contributed by atoms with E-state index in [-0.39, 0.29) is 19.1 Å². The minimum atomic E-state index is -5.21. The fourth-order valence-corrected chi connectivity index (χ4v) is 5.24. The van der Waals surface area contributed by atoms with Crippen molar-refractivity contribution < 1.29 is 52.0 Å². The van der Waals surface area contributed by atoms with Gasteiger partial charge in [-0.15, -0.1) is 0 Å². The quantitative estimate of drug-likeness (QED) is 0.150. The first kappa shape index (κ1) is 31.0. The highest BCUT2D eigenvalue weighted by atomic mass is 31.3. The number of aliphatic hydroxyl groups excluding tert-OH is 2. The van der Waals surface area contributed by atoms with E-state index < -0.39 is 63.5 Å². The van der Waals surface area contributed by atoms with Crippen LogP contribution in [-0.4, -0.2) is 80.8 Å². The molecule has 16 nitrogen and oxygen atoms in total. The van der Waals surface area contributed by atoms with Crippen LogP contribution < -0.4 is 17.0 Å². The number of hydrogen-bond donors (Lipinski definition) is 6. The number of nitrogens with one attached hydrogen (secondary N) is 1. The van der Waals surface area contributed by atoms with E-state index in [4.69, 9.17) is 19.7 Å². The van der Waals surface area contributed by atoms with Gasteiger partial charge in [-0.1, -0.05) is 20.8 Å². The monoisotopic (exact) mass is 561 g/mol. The molecule has 1 aromatic rings. The maximum Gasteiger partial charge on any atom is 0.481 e. The number of ether oxygens (including phenoxy) is 2. The number of H-pyrrole nitrogens is 1. The van der Waals surface area contributed by atoms with E-state index in [1.165, 1.54) is 0 Å². The molecule has 0 saturated carbocycles. The maximum absolute atomic E-state index is 12.2. The van der Waals surface area contributed by atoms with Gasteiger partial charge in [-0.3, -0.25) is 23.4 Å². The number of nitrogens with zero attached hydrogens (tertiary/aromatic N) is 1. The van der Waals surface area contributed by atoms with Crippen molar-refractivity contribution in [2.24, 2.45) is 17.1 Å². The first-order chi connectivity index (χ1) is 16.6. The van der Waals surface area contributed by atoms with Crippen molar-refractivity contribution in [3.63, 3.8) is 0 Å². The summed E-state index contributed by atoms with van der Waals surface area (Å²) in [5.74, 6) is 0.114. The van der Waals surface area contributed by atoms with Gasteiger partial charge in [0.05, 0.1) is 26.4 Å². The summed E-state index contributed by atoms with van der Waals surface area (Å²) in [6, 6.07) is 0.982. The van der Waals surface area contributed by atoms with Gasteiger partial charge in [-0.2, -0.15) is 4.31 Å². The molecule has 1 fully saturated rings. The number of aromatic nitrogens is 2. The molecule has 0 radical (unpaired) electrons. The van der Waals surface area contributed by atoms with Crippen LogP contribution in [0.25, 0.3) is 0 Å². The van der Waals surface area contributed by atoms with Gasteiger partial charge in [-0.05, 0) is 12.5 Å². The van der Waals surface area contributed by atoms with Crippen molar-refractivity contribution in [1.29, 1.82) is 0 Å². The lowest BCUT2D eigenvalue weighted by molar-refractivity contribution is -0.0544. The van der Waals surface area contributed by atoms with Crippen molar-refractivity contribution >= 4 is 15.6 Å². The van der Waals surface area contributed by atoms with Crippen LogP contribution in [0.4, 0.5) is 0 Å². The lowest BCUT2D eigenvalue weighted by Crippen LogP contribution is -2.37. The van der Waals surface area contributed by atoms with Crippen LogP contribution in [0.2, 0.25) is 0 Å². The molecule has 0 amide bonds. The van der Waals surface area contributed by atoms with Gasteiger partial charge in [0.2, 0.25) is 0 Å². The molecular weight excluding hydrogens is 528 g/mol. The number of rotatable bonds is 14. The Balaban J connectivity index is 1.90. The van der Waals surface area contributed by atoms with Crippen molar-refractivity contribution in [3.05, 3.63) is 33.1 Å². The standard InChI is InChI=1S/C18H33N3O13P2/c1-11(6-19)7-30-9-18(2,3)10-32-36(28,29)34-35(26,27)31-8-12-14(23)15(24)16(33-12)21-5-4-13(22)20-17(21)25/h4-5,11-12,14-16,23-24H,6-10,19H2,1-3H3,(H,26,27)(H,28,29)(H,20,22,25). The van der Waals surface area contributed by atoms with Gasteiger partial charge in [-0.25, -0.2) is 13.9 Å². The first-order valence-corrected chi connectivity index (χ1v) is 13.8. The Labute approximate surface area is 206 Å². The van der Waals surface area contributed by atoms with Gasteiger partial charge in [0.25, 0.3) is 5.56 Å². The van der Waals surface area contributed by atoms with E-state index in [9.17, 15) is 38.7 Å². The molecule has 1 saturated heterocycles. The summed E-state index contributed by atoms with van der Waals surface area (Å²) in [6.07, 6.45) is -5.24. The SMILES string of the molecule is CC(CN)COCC(C)(C)COP(=O)(O)OP(=O)(O)OCC1OC(n2ccc(=O)[nH]c2=O)C(O)C1O. The zero-order chi connectivity index (χ0) is 27.3. The average molecular weight is 561 g/mol. The van der Waals surface area contributed by atoms with Crippen LogP contribution in [0.1, 0.15) is 27.0 Å². The highest BCUT2D eigenvalue weighted by molar-refractivity contribution is 7.61. The Hall–Kier alpha value is -1.26. The van der Waals surface area contributed by atoms with Gasteiger partial charge < -0.3 is 35.2 Å². The summed E-state index contributed by atoms with van der Waals surface area (Å²) >= 11 is 0. The largest absolute Gasteiger partial charge is 0.481 e. The number of phosphoric acid groups is 2. The Morgan fingerprint density at radius 2 is 1.81 bits per heavy atom. The second-order valence-electron chi connectivity index (χ2n) is 9.17. The Morgan fingerprint density at radius 1 is 1.17 bits per heavy atom. The third-order valence-corrected chi connectivity index (χ3v) is 7.57. The topological polar surface area (TPSA) is 242 Å². The molecule has 1 aliphatic heterocycles. The molecule has 0 aliphatic carbocycles. The van der Waals surface area contributed by atoms with Crippen molar-refractivity contribution in [2.75, 3.05) is 33.0 Å². The van der Waals surface area contributed by atoms with Crippen molar-refractivity contribution in [2.45, 2.75) is 45.3 Å². The highest BCUT2D eigenvalue weighted by Gasteiger charge is 2.46. The Morgan fingerprint density at radius 3 is 2.42 bits per heavy atom. The summed E-state index contributed by atoms with van der Waals surface area (Å²) in [6.45, 7) is 4.92. The van der Waals surface area contributed by atoms with E-state index in [1.54, 1.807) is 13.8 Å².